The molecule has 0 aromatic carbocycles. The van der Waals surface area contributed by atoms with Crippen LogP contribution in [0.3, 0.4) is 0 Å². The molecule has 1 aromatic heterocycles. The molecule has 100 valence electrons. The van der Waals surface area contributed by atoms with Crippen LogP contribution in [-0.2, 0) is 6.54 Å². The lowest BCUT2D eigenvalue weighted by molar-refractivity contribution is 0.142. The molecule has 1 aromatic rings. The van der Waals surface area contributed by atoms with Gasteiger partial charge in [0.05, 0.1) is 6.20 Å². The first-order valence-corrected chi connectivity index (χ1v) is 6.51. The van der Waals surface area contributed by atoms with Gasteiger partial charge in [-0.25, -0.2) is 4.79 Å². The molecule has 5 nitrogen and oxygen atoms in total. The van der Waals surface area contributed by atoms with E-state index in [2.05, 4.69) is 18.2 Å². The first-order valence-electron chi connectivity index (χ1n) is 6.51. The van der Waals surface area contributed by atoms with E-state index in [9.17, 15) is 4.79 Å². The molecule has 0 atom stereocenters. The van der Waals surface area contributed by atoms with E-state index in [4.69, 9.17) is 0 Å². The number of carbonyl (C=O) groups excluding carboxylic acids is 1. The zero-order valence-electron chi connectivity index (χ0n) is 11.5. The van der Waals surface area contributed by atoms with Crippen molar-refractivity contribution in [2.24, 2.45) is 5.92 Å². The summed E-state index contributed by atoms with van der Waals surface area (Å²) < 4.78 is 2.02. The molecule has 2 heterocycles. The van der Waals surface area contributed by atoms with Crippen molar-refractivity contribution in [1.29, 1.82) is 0 Å². The molecule has 1 aliphatic heterocycles. The quantitative estimate of drug-likeness (QED) is 0.799. The molecule has 0 aliphatic carbocycles. The molecule has 5 heteroatoms. The maximum Gasteiger partial charge on any atom is 0.319 e. The fourth-order valence-corrected chi connectivity index (χ4v) is 2.42. The van der Waals surface area contributed by atoms with Gasteiger partial charge in [-0.3, -0.25) is 4.68 Å². The Balaban J connectivity index is 1.82. The Morgan fingerprint density at radius 3 is 2.61 bits per heavy atom. The minimum Gasteiger partial charge on any atom is -0.331 e. The van der Waals surface area contributed by atoms with Gasteiger partial charge < -0.3 is 9.80 Å². The number of hydrogen-bond acceptors (Lipinski definition) is 2. The Bertz CT molecular complexity index is 405. The lowest BCUT2D eigenvalue weighted by Crippen LogP contribution is -2.44. The van der Waals surface area contributed by atoms with E-state index in [1.807, 2.05) is 15.8 Å². The summed E-state index contributed by atoms with van der Waals surface area (Å²) >= 11 is 0. The third kappa shape index (κ3) is 3.03. The van der Waals surface area contributed by atoms with Crippen LogP contribution in [0.5, 0.6) is 0 Å². The van der Waals surface area contributed by atoms with Crippen LogP contribution in [0.15, 0.2) is 12.4 Å². The highest BCUT2D eigenvalue weighted by Crippen LogP contribution is 2.19. The molecule has 0 saturated carbocycles. The van der Waals surface area contributed by atoms with E-state index in [-0.39, 0.29) is 6.03 Å². The van der Waals surface area contributed by atoms with Gasteiger partial charge in [0, 0.05) is 39.9 Å². The second-order valence-electron chi connectivity index (χ2n) is 5.35. The summed E-state index contributed by atoms with van der Waals surface area (Å²) in [6.07, 6.45) is 6.11. The summed E-state index contributed by atoms with van der Waals surface area (Å²) in [5.41, 5.74) is 1.20. The molecule has 1 fully saturated rings. The van der Waals surface area contributed by atoms with Crippen LogP contribution >= 0.6 is 0 Å². The smallest absolute Gasteiger partial charge is 0.319 e. The highest BCUT2D eigenvalue weighted by Gasteiger charge is 2.23. The molecule has 0 radical (unpaired) electrons. The molecular weight excluding hydrogens is 228 g/mol. The number of likely N-dealkylation sites (tertiary alicyclic amines) is 1. The number of hydrogen-bond donors (Lipinski definition) is 0. The minimum atomic E-state index is 0.128. The Morgan fingerprint density at radius 2 is 2.11 bits per heavy atom. The van der Waals surface area contributed by atoms with Gasteiger partial charge in [0.25, 0.3) is 0 Å². The number of carbonyl (C=O) groups is 1. The van der Waals surface area contributed by atoms with Crippen LogP contribution in [0.25, 0.3) is 0 Å². The monoisotopic (exact) mass is 250 g/mol. The van der Waals surface area contributed by atoms with Crippen molar-refractivity contribution in [3.05, 3.63) is 18.0 Å². The van der Waals surface area contributed by atoms with Crippen molar-refractivity contribution in [2.75, 3.05) is 27.2 Å². The Hall–Kier alpha value is -1.52. The van der Waals surface area contributed by atoms with E-state index in [1.165, 1.54) is 5.56 Å². The van der Waals surface area contributed by atoms with E-state index < -0.39 is 0 Å². The average molecular weight is 250 g/mol. The molecule has 2 amide bonds. The van der Waals surface area contributed by atoms with Gasteiger partial charge in [0.1, 0.15) is 0 Å². The zero-order chi connectivity index (χ0) is 13.1. The standard InChI is InChI=1S/C13H22N4O/c1-11-8-14-17(9-11)10-12-4-6-16(7-5-12)13(18)15(2)3/h8-9,12H,4-7,10H2,1-3H3. The van der Waals surface area contributed by atoms with Crippen molar-refractivity contribution in [1.82, 2.24) is 19.6 Å². The van der Waals surface area contributed by atoms with E-state index in [0.29, 0.717) is 5.92 Å². The number of urea groups is 1. The first-order chi connectivity index (χ1) is 8.56. The van der Waals surface area contributed by atoms with Gasteiger partial charge in [0.15, 0.2) is 0 Å². The zero-order valence-corrected chi connectivity index (χ0v) is 11.5. The highest BCUT2D eigenvalue weighted by molar-refractivity contribution is 5.73. The molecule has 18 heavy (non-hydrogen) atoms. The van der Waals surface area contributed by atoms with Crippen LogP contribution in [0.4, 0.5) is 4.79 Å². The largest absolute Gasteiger partial charge is 0.331 e. The molecule has 0 N–H and O–H groups in total. The Labute approximate surface area is 108 Å². The Kier molecular flexibility index (Phi) is 3.89. The fraction of sp³-hybridized carbons (Fsp3) is 0.692. The van der Waals surface area contributed by atoms with Crippen LogP contribution in [0, 0.1) is 12.8 Å². The highest BCUT2D eigenvalue weighted by atomic mass is 16.2. The maximum absolute atomic E-state index is 11.8. The molecule has 0 unspecified atom stereocenters. The van der Waals surface area contributed by atoms with Crippen LogP contribution in [-0.4, -0.2) is 52.8 Å². The summed E-state index contributed by atoms with van der Waals surface area (Å²) in [6.45, 7) is 4.75. The number of piperidine rings is 1. The first kappa shape index (κ1) is 12.9. The molecule has 1 saturated heterocycles. The molecule has 0 bridgehead atoms. The van der Waals surface area contributed by atoms with Gasteiger partial charge in [0.2, 0.25) is 0 Å². The number of nitrogens with zero attached hydrogens (tertiary/aromatic N) is 4. The fourth-order valence-electron chi connectivity index (χ4n) is 2.42. The second-order valence-corrected chi connectivity index (χ2v) is 5.35. The van der Waals surface area contributed by atoms with Gasteiger partial charge in [-0.05, 0) is 31.2 Å². The summed E-state index contributed by atoms with van der Waals surface area (Å²) in [7, 11) is 3.61. The van der Waals surface area contributed by atoms with E-state index in [0.717, 1.165) is 32.5 Å². The SMILES string of the molecule is Cc1cnn(CC2CCN(C(=O)N(C)C)CC2)c1. The number of aromatic nitrogens is 2. The third-order valence-corrected chi connectivity index (χ3v) is 3.48. The predicted molar refractivity (Wildman–Crippen MR) is 70.3 cm³/mol. The summed E-state index contributed by atoms with van der Waals surface area (Å²) in [6, 6.07) is 0.128. The number of amides is 2. The van der Waals surface area contributed by atoms with E-state index >= 15 is 0 Å². The maximum atomic E-state index is 11.8. The van der Waals surface area contributed by atoms with E-state index in [1.54, 1.807) is 19.0 Å². The van der Waals surface area contributed by atoms with Crippen LogP contribution < -0.4 is 0 Å². The average Bonchev–Trinajstić information content (AvgIpc) is 2.75. The topological polar surface area (TPSA) is 41.4 Å². The normalized spacial score (nSPS) is 16.9. The van der Waals surface area contributed by atoms with Gasteiger partial charge in [-0.15, -0.1) is 0 Å². The summed E-state index contributed by atoms with van der Waals surface area (Å²) in [4.78, 5) is 15.4. The third-order valence-electron chi connectivity index (χ3n) is 3.48. The van der Waals surface area contributed by atoms with Gasteiger partial charge in [-0.2, -0.15) is 5.10 Å². The van der Waals surface area contributed by atoms with Crippen molar-refractivity contribution < 1.29 is 4.79 Å². The van der Waals surface area contributed by atoms with Gasteiger partial charge >= 0.3 is 6.03 Å². The van der Waals surface area contributed by atoms with Crippen molar-refractivity contribution >= 4 is 6.03 Å². The predicted octanol–water partition coefficient (Wildman–Crippen LogP) is 1.59. The molecule has 2 rings (SSSR count). The minimum absolute atomic E-state index is 0.128. The lowest BCUT2D eigenvalue weighted by Gasteiger charge is -2.33. The van der Waals surface area contributed by atoms with Crippen molar-refractivity contribution in [3.63, 3.8) is 0 Å². The lowest BCUT2D eigenvalue weighted by atomic mass is 9.97. The second kappa shape index (κ2) is 5.42. The summed E-state index contributed by atoms with van der Waals surface area (Å²) in [5.74, 6) is 0.635. The molecular formula is C13H22N4O. The van der Waals surface area contributed by atoms with Gasteiger partial charge in [-0.1, -0.05) is 0 Å². The Morgan fingerprint density at radius 1 is 1.44 bits per heavy atom. The molecule has 0 spiro atoms. The number of rotatable bonds is 2. The molecule has 1 aliphatic rings. The summed E-state index contributed by atoms with van der Waals surface area (Å²) in [5, 5.41) is 4.32. The number of aryl methyl sites for hydroxylation is 1. The van der Waals surface area contributed by atoms with Crippen molar-refractivity contribution in [3.8, 4) is 0 Å². The van der Waals surface area contributed by atoms with Crippen LogP contribution in [0.1, 0.15) is 18.4 Å². The van der Waals surface area contributed by atoms with Crippen molar-refractivity contribution in [2.45, 2.75) is 26.3 Å². The van der Waals surface area contributed by atoms with Crippen LogP contribution in [0.2, 0.25) is 0 Å².